The normalized spacial score (nSPS) is 29.9. The van der Waals surface area contributed by atoms with Crippen molar-refractivity contribution in [2.45, 2.75) is 6.42 Å². The highest BCUT2D eigenvalue weighted by molar-refractivity contribution is 4.96. The first kappa shape index (κ1) is 4.67. The first-order valence-electron chi connectivity index (χ1n) is 2.60. The summed E-state index contributed by atoms with van der Waals surface area (Å²) in [4.78, 5) is 0. The maximum absolute atomic E-state index is 5.14. The van der Waals surface area contributed by atoms with Crippen LogP contribution in [0.3, 0.4) is 0 Å². The van der Waals surface area contributed by atoms with E-state index in [-0.39, 0.29) is 2.85 Å². The lowest BCUT2D eigenvalue weighted by Gasteiger charge is -1.90. The molecule has 0 bridgehead atoms. The SMILES string of the molecule is C#CC1CCNC1.[HH].[H]. The van der Waals surface area contributed by atoms with Crippen molar-refractivity contribution in [1.82, 2.24) is 5.32 Å². The molecule has 1 heterocycles. The van der Waals surface area contributed by atoms with E-state index >= 15 is 0 Å². The Labute approximate surface area is 47.1 Å². The van der Waals surface area contributed by atoms with Gasteiger partial charge >= 0.3 is 0 Å². The van der Waals surface area contributed by atoms with Crippen molar-refractivity contribution in [3.05, 3.63) is 0 Å². The van der Waals surface area contributed by atoms with Crippen molar-refractivity contribution < 1.29 is 2.85 Å². The van der Waals surface area contributed by atoms with Crippen molar-refractivity contribution >= 4 is 0 Å². The van der Waals surface area contributed by atoms with Crippen LogP contribution in [0.1, 0.15) is 9.27 Å². The van der Waals surface area contributed by atoms with E-state index in [1.807, 2.05) is 0 Å². The van der Waals surface area contributed by atoms with Gasteiger partial charge in [-0.3, -0.25) is 0 Å². The molecule has 1 heteroatoms. The molecule has 0 aromatic rings. The predicted octanol–water partition coefficient (Wildman–Crippen LogP) is 0.588. The average Bonchev–Trinajstić information content (AvgIpc) is 2.14. The van der Waals surface area contributed by atoms with Crippen molar-refractivity contribution in [2.75, 3.05) is 13.1 Å². The fourth-order valence-corrected chi connectivity index (χ4v) is 0.797. The lowest BCUT2D eigenvalue weighted by atomic mass is 10.1. The van der Waals surface area contributed by atoms with Gasteiger partial charge in [-0.15, -0.1) is 12.3 Å². The van der Waals surface area contributed by atoms with Crippen LogP contribution in [0.15, 0.2) is 0 Å². The van der Waals surface area contributed by atoms with Crippen molar-refractivity contribution in [3.8, 4) is 12.3 Å². The zero-order valence-corrected chi connectivity index (χ0v) is 4.28. The molecule has 0 aromatic carbocycles. The number of hydrogen-bond donors (Lipinski definition) is 1. The van der Waals surface area contributed by atoms with Crippen LogP contribution in [0, 0.1) is 18.3 Å². The molecule has 41 valence electrons. The molecule has 7 heavy (non-hydrogen) atoms. The second kappa shape index (κ2) is 1.99. The molecule has 0 saturated carbocycles. The van der Waals surface area contributed by atoms with Gasteiger partial charge in [-0.2, -0.15) is 0 Å². The van der Waals surface area contributed by atoms with Gasteiger partial charge in [0.2, 0.25) is 0 Å². The third kappa shape index (κ3) is 0.942. The lowest BCUT2D eigenvalue weighted by Crippen LogP contribution is -2.07. The standard InChI is InChI=1S/C6H9N.H2.H/c1-2-6-3-4-7-5-6;;/h1,6-7H,3-5H2;1H;. The minimum Gasteiger partial charge on any atom is -0.315 e. The molecule has 1 aliphatic rings. The van der Waals surface area contributed by atoms with Gasteiger partial charge in [0.1, 0.15) is 0 Å². The molecule has 1 aliphatic heterocycles. The largest absolute Gasteiger partial charge is 0.315 e. The highest BCUT2D eigenvalue weighted by Gasteiger charge is 2.09. The number of hydrogen-bond acceptors (Lipinski definition) is 1. The minimum atomic E-state index is 0. The van der Waals surface area contributed by atoms with Gasteiger partial charge in [0.25, 0.3) is 0 Å². The van der Waals surface area contributed by atoms with E-state index in [4.69, 9.17) is 6.42 Å². The van der Waals surface area contributed by atoms with Crippen LogP contribution in [0.25, 0.3) is 0 Å². The Hall–Kier alpha value is -0.480. The van der Waals surface area contributed by atoms with Gasteiger partial charge in [-0.05, 0) is 13.0 Å². The highest BCUT2D eigenvalue weighted by Crippen LogP contribution is 2.03. The fourth-order valence-electron chi connectivity index (χ4n) is 0.797. The summed E-state index contributed by atoms with van der Waals surface area (Å²) in [6, 6.07) is 0. The van der Waals surface area contributed by atoms with Gasteiger partial charge in [0.05, 0.1) is 0 Å². The van der Waals surface area contributed by atoms with Crippen molar-refractivity contribution in [3.63, 3.8) is 0 Å². The zero-order chi connectivity index (χ0) is 5.11. The Morgan fingerprint density at radius 2 is 2.86 bits per heavy atom. The zero-order valence-electron chi connectivity index (χ0n) is 5.28. The van der Waals surface area contributed by atoms with Gasteiger partial charge in [0.15, 0.2) is 0 Å². The van der Waals surface area contributed by atoms with Crippen LogP contribution in [0.5, 0.6) is 0 Å². The summed E-state index contributed by atoms with van der Waals surface area (Å²) < 4.78 is 0. The predicted molar refractivity (Wildman–Crippen MR) is 33.0 cm³/mol. The number of rotatable bonds is 0. The van der Waals surface area contributed by atoms with Crippen LogP contribution >= 0.6 is 0 Å². The van der Waals surface area contributed by atoms with Crippen LogP contribution in [-0.2, 0) is 0 Å². The van der Waals surface area contributed by atoms with Gasteiger partial charge < -0.3 is 5.32 Å². The maximum Gasteiger partial charge on any atom is 0.0337 e. The molecule has 1 rings (SSSR count). The minimum absolute atomic E-state index is 0. The third-order valence-corrected chi connectivity index (χ3v) is 1.30. The molecule has 0 aromatic heterocycles. The molecular formula is C6H12N. The number of nitrogens with one attached hydrogen (secondary N) is 1. The quantitative estimate of drug-likeness (QED) is 0.437. The molecule has 1 nitrogen and oxygen atoms in total. The maximum atomic E-state index is 5.14. The summed E-state index contributed by atoms with van der Waals surface area (Å²) in [6.45, 7) is 2.13. The Morgan fingerprint density at radius 1 is 2.00 bits per heavy atom. The highest BCUT2D eigenvalue weighted by atomic mass is 14.9. The Balaban J connectivity index is 0. The first-order valence-corrected chi connectivity index (χ1v) is 2.60. The van der Waals surface area contributed by atoms with E-state index in [2.05, 4.69) is 11.2 Å². The first-order chi connectivity index (χ1) is 3.43. The molecule has 0 amide bonds. The lowest BCUT2D eigenvalue weighted by molar-refractivity contribution is 0.756. The Bertz CT molecular complexity index is 91.7. The molecule has 1 atom stereocenters. The molecule has 1 radical (unpaired) electrons. The second-order valence-electron chi connectivity index (χ2n) is 1.86. The van der Waals surface area contributed by atoms with E-state index < -0.39 is 0 Å². The van der Waals surface area contributed by atoms with Gasteiger partial charge in [-0.1, -0.05) is 0 Å². The summed E-state index contributed by atoms with van der Waals surface area (Å²) in [6.07, 6.45) is 6.31. The third-order valence-electron chi connectivity index (χ3n) is 1.30. The van der Waals surface area contributed by atoms with E-state index in [9.17, 15) is 0 Å². The van der Waals surface area contributed by atoms with Gasteiger partial charge in [-0.25, -0.2) is 0 Å². The van der Waals surface area contributed by atoms with Crippen LogP contribution in [-0.4, -0.2) is 13.1 Å². The smallest absolute Gasteiger partial charge is 0.0337 e. The average molecular weight is 98.2 g/mol. The molecule has 1 fully saturated rings. The van der Waals surface area contributed by atoms with E-state index in [0.717, 1.165) is 19.5 Å². The van der Waals surface area contributed by atoms with Crippen molar-refractivity contribution in [2.24, 2.45) is 5.92 Å². The summed E-state index contributed by atoms with van der Waals surface area (Å²) in [5, 5.41) is 3.18. The molecular weight excluding hydrogens is 86.1 g/mol. The summed E-state index contributed by atoms with van der Waals surface area (Å²) in [7, 11) is 0. The van der Waals surface area contributed by atoms with Crippen LogP contribution in [0.4, 0.5) is 0 Å². The Kier molecular flexibility index (Phi) is 1.33. The molecule has 1 saturated heterocycles. The molecule has 0 spiro atoms. The topological polar surface area (TPSA) is 12.0 Å². The Morgan fingerprint density at radius 3 is 3.14 bits per heavy atom. The molecule has 1 N–H and O–H groups in total. The molecule has 1 unspecified atom stereocenters. The van der Waals surface area contributed by atoms with Crippen LogP contribution < -0.4 is 5.32 Å². The van der Waals surface area contributed by atoms with Crippen LogP contribution in [0.2, 0.25) is 0 Å². The molecule has 0 aliphatic carbocycles. The summed E-state index contributed by atoms with van der Waals surface area (Å²) in [5.41, 5.74) is 0. The summed E-state index contributed by atoms with van der Waals surface area (Å²) >= 11 is 0. The van der Waals surface area contributed by atoms with E-state index in [1.54, 1.807) is 0 Å². The second-order valence-corrected chi connectivity index (χ2v) is 1.86. The van der Waals surface area contributed by atoms with E-state index in [1.165, 1.54) is 0 Å². The number of terminal acetylenes is 1. The fraction of sp³-hybridized carbons (Fsp3) is 0.667. The van der Waals surface area contributed by atoms with E-state index in [0.29, 0.717) is 5.92 Å². The monoisotopic (exact) mass is 98.1 g/mol. The van der Waals surface area contributed by atoms with Gasteiger partial charge in [0, 0.05) is 15.3 Å². The van der Waals surface area contributed by atoms with Crippen molar-refractivity contribution in [1.29, 1.82) is 0 Å². The summed E-state index contributed by atoms with van der Waals surface area (Å²) in [5.74, 6) is 3.22.